The molecule has 1 aromatic heterocycles. The summed E-state index contributed by atoms with van der Waals surface area (Å²) in [6, 6.07) is 15.3. The third-order valence-corrected chi connectivity index (χ3v) is 7.52. The second-order valence-electron chi connectivity index (χ2n) is 8.50. The second-order valence-corrected chi connectivity index (χ2v) is 9.39. The number of urea groups is 1. The molecule has 0 bridgehead atoms. The SMILES string of the molecule is C[C@@H](c1ccc2scnc2c1)N1CCC2(CC1)NC(=O)N(Cc1ccc(C#N)cc1)C2=O. The summed E-state index contributed by atoms with van der Waals surface area (Å²) in [6.07, 6.45) is 1.18. The molecule has 1 atom stereocenters. The Morgan fingerprint density at radius 1 is 1.19 bits per heavy atom. The van der Waals surface area contributed by atoms with Crippen molar-refractivity contribution < 1.29 is 9.59 Å². The van der Waals surface area contributed by atoms with E-state index in [1.807, 2.05) is 5.51 Å². The van der Waals surface area contributed by atoms with Gasteiger partial charge >= 0.3 is 6.03 Å². The molecule has 2 aromatic carbocycles. The van der Waals surface area contributed by atoms with Crippen LogP contribution in [0.1, 0.15) is 42.5 Å². The highest BCUT2D eigenvalue weighted by Gasteiger charge is 2.52. The number of nitrogens with one attached hydrogen (secondary N) is 1. The minimum atomic E-state index is -0.821. The number of likely N-dealkylation sites (tertiary alicyclic amines) is 1. The summed E-state index contributed by atoms with van der Waals surface area (Å²) in [5.74, 6) is -0.150. The van der Waals surface area contributed by atoms with Crippen LogP contribution in [0.4, 0.5) is 4.79 Å². The highest BCUT2D eigenvalue weighted by Crippen LogP contribution is 2.34. The van der Waals surface area contributed by atoms with Crippen LogP contribution in [0, 0.1) is 11.3 Å². The molecule has 5 rings (SSSR count). The molecule has 3 heterocycles. The molecule has 1 spiro atoms. The Kier molecular flexibility index (Phi) is 5.16. The van der Waals surface area contributed by atoms with Crippen molar-refractivity contribution in [1.29, 1.82) is 5.26 Å². The third-order valence-electron chi connectivity index (χ3n) is 6.71. The van der Waals surface area contributed by atoms with E-state index in [4.69, 9.17) is 5.26 Å². The van der Waals surface area contributed by atoms with E-state index in [2.05, 4.69) is 46.4 Å². The maximum atomic E-state index is 13.2. The van der Waals surface area contributed by atoms with Crippen LogP contribution in [0.5, 0.6) is 0 Å². The molecule has 2 fully saturated rings. The number of amides is 3. The Morgan fingerprint density at radius 2 is 1.94 bits per heavy atom. The molecule has 8 heteroatoms. The van der Waals surface area contributed by atoms with Crippen LogP contribution in [0.15, 0.2) is 48.0 Å². The van der Waals surface area contributed by atoms with Crippen LogP contribution >= 0.6 is 11.3 Å². The lowest BCUT2D eigenvalue weighted by Crippen LogP contribution is -2.55. The Labute approximate surface area is 190 Å². The van der Waals surface area contributed by atoms with Gasteiger partial charge in [-0.15, -0.1) is 11.3 Å². The average Bonchev–Trinajstić information content (AvgIpc) is 3.38. The molecule has 0 saturated carbocycles. The van der Waals surface area contributed by atoms with Crippen molar-refractivity contribution in [2.75, 3.05) is 13.1 Å². The van der Waals surface area contributed by atoms with Crippen LogP contribution in [-0.2, 0) is 11.3 Å². The largest absolute Gasteiger partial charge is 0.325 e. The van der Waals surface area contributed by atoms with Crippen molar-refractivity contribution in [2.24, 2.45) is 0 Å². The van der Waals surface area contributed by atoms with Crippen molar-refractivity contribution in [1.82, 2.24) is 20.1 Å². The van der Waals surface area contributed by atoms with E-state index < -0.39 is 5.54 Å². The molecule has 2 saturated heterocycles. The third kappa shape index (κ3) is 3.53. The summed E-state index contributed by atoms with van der Waals surface area (Å²) < 4.78 is 1.18. The van der Waals surface area contributed by atoms with Gasteiger partial charge in [0.25, 0.3) is 5.91 Å². The van der Waals surface area contributed by atoms with E-state index in [0.717, 1.165) is 24.2 Å². The predicted molar refractivity (Wildman–Crippen MR) is 122 cm³/mol. The van der Waals surface area contributed by atoms with Crippen LogP contribution in [0.3, 0.4) is 0 Å². The molecule has 3 aromatic rings. The number of rotatable bonds is 4. The molecule has 7 nitrogen and oxygen atoms in total. The zero-order valence-corrected chi connectivity index (χ0v) is 18.6. The smallest absolute Gasteiger partial charge is 0.323 e. The van der Waals surface area contributed by atoms with Gasteiger partial charge in [0.2, 0.25) is 0 Å². The first-order valence-corrected chi connectivity index (χ1v) is 11.6. The van der Waals surface area contributed by atoms with E-state index in [0.29, 0.717) is 18.4 Å². The first kappa shape index (κ1) is 20.6. The number of aromatic nitrogens is 1. The number of benzene rings is 2. The Morgan fingerprint density at radius 3 is 2.66 bits per heavy atom. The fourth-order valence-corrected chi connectivity index (χ4v) is 5.32. The van der Waals surface area contributed by atoms with Gasteiger partial charge in [-0.2, -0.15) is 5.26 Å². The van der Waals surface area contributed by atoms with Crippen LogP contribution in [-0.4, -0.2) is 45.4 Å². The number of thiazole rings is 1. The van der Waals surface area contributed by atoms with E-state index in [-0.39, 0.29) is 24.5 Å². The molecule has 162 valence electrons. The number of carbonyl (C=O) groups is 2. The van der Waals surface area contributed by atoms with Gasteiger partial charge in [-0.05, 0) is 55.2 Å². The molecular weight excluding hydrogens is 422 g/mol. The van der Waals surface area contributed by atoms with Crippen molar-refractivity contribution in [3.05, 3.63) is 64.7 Å². The number of piperidine rings is 1. The molecular formula is C24H23N5O2S. The van der Waals surface area contributed by atoms with Crippen molar-refractivity contribution in [3.63, 3.8) is 0 Å². The van der Waals surface area contributed by atoms with Crippen LogP contribution < -0.4 is 5.32 Å². The summed E-state index contributed by atoms with van der Waals surface area (Å²) in [4.78, 5) is 34.0. The van der Waals surface area contributed by atoms with Crippen LogP contribution in [0.25, 0.3) is 10.2 Å². The minimum Gasteiger partial charge on any atom is -0.323 e. The zero-order chi connectivity index (χ0) is 22.3. The average molecular weight is 446 g/mol. The van der Waals surface area contributed by atoms with E-state index in [1.54, 1.807) is 35.6 Å². The topological polar surface area (TPSA) is 89.3 Å². The van der Waals surface area contributed by atoms with Gasteiger partial charge in [0.05, 0.1) is 33.9 Å². The number of nitrogens with zero attached hydrogens (tertiary/aromatic N) is 4. The van der Waals surface area contributed by atoms with Gasteiger partial charge in [0.15, 0.2) is 0 Å². The Bertz CT molecular complexity index is 1220. The van der Waals surface area contributed by atoms with Gasteiger partial charge in [-0.25, -0.2) is 9.78 Å². The number of fused-ring (bicyclic) bond motifs is 1. The quantitative estimate of drug-likeness (QED) is 0.617. The molecule has 1 N–H and O–H groups in total. The molecule has 0 radical (unpaired) electrons. The molecule has 2 aliphatic rings. The highest BCUT2D eigenvalue weighted by molar-refractivity contribution is 7.16. The zero-order valence-electron chi connectivity index (χ0n) is 17.7. The minimum absolute atomic E-state index is 0.150. The second kappa shape index (κ2) is 8.01. The fourth-order valence-electron chi connectivity index (χ4n) is 4.66. The standard InChI is InChI=1S/C24H23N5O2S/c1-16(19-6-7-21-20(12-19)26-15-32-21)28-10-8-24(9-11-28)22(30)29(23(31)27-24)14-18-4-2-17(13-25)3-5-18/h2-7,12,15-16H,8-11,14H2,1H3,(H,27,31)/t16-/m0/s1. The summed E-state index contributed by atoms with van der Waals surface area (Å²) in [7, 11) is 0. The first-order chi connectivity index (χ1) is 15.5. The van der Waals surface area contributed by atoms with Gasteiger partial charge in [0, 0.05) is 19.1 Å². The Balaban J connectivity index is 1.26. The Hall–Kier alpha value is -3.28. The lowest BCUT2D eigenvalue weighted by Gasteiger charge is -2.40. The number of hydrogen-bond acceptors (Lipinski definition) is 6. The first-order valence-electron chi connectivity index (χ1n) is 10.7. The van der Waals surface area contributed by atoms with Gasteiger partial charge < -0.3 is 5.32 Å². The summed E-state index contributed by atoms with van der Waals surface area (Å²) in [6.45, 7) is 3.85. The van der Waals surface area contributed by atoms with Gasteiger partial charge in [-0.1, -0.05) is 18.2 Å². The molecule has 0 aliphatic carbocycles. The van der Waals surface area contributed by atoms with Crippen molar-refractivity contribution in [3.8, 4) is 6.07 Å². The lowest BCUT2D eigenvalue weighted by atomic mass is 9.86. The fraction of sp³-hybridized carbons (Fsp3) is 0.333. The molecule has 32 heavy (non-hydrogen) atoms. The summed E-state index contributed by atoms with van der Waals surface area (Å²) in [5.41, 5.74) is 4.65. The normalized spacial score (nSPS) is 19.3. The van der Waals surface area contributed by atoms with Crippen molar-refractivity contribution >= 4 is 33.5 Å². The maximum Gasteiger partial charge on any atom is 0.325 e. The summed E-state index contributed by atoms with van der Waals surface area (Å²) in [5, 5.41) is 11.9. The van der Waals surface area contributed by atoms with Crippen LogP contribution in [0.2, 0.25) is 0 Å². The number of imide groups is 1. The number of hydrogen-bond donors (Lipinski definition) is 1. The van der Waals surface area contributed by atoms with Crippen molar-refractivity contribution in [2.45, 2.75) is 37.9 Å². The lowest BCUT2D eigenvalue weighted by molar-refractivity contribution is -0.133. The number of carbonyl (C=O) groups excluding carboxylic acids is 2. The molecule has 2 aliphatic heterocycles. The van der Waals surface area contributed by atoms with E-state index >= 15 is 0 Å². The van der Waals surface area contributed by atoms with Gasteiger partial charge in [-0.3, -0.25) is 14.6 Å². The summed E-state index contributed by atoms with van der Waals surface area (Å²) >= 11 is 1.64. The van der Waals surface area contributed by atoms with E-state index in [1.165, 1.54) is 15.2 Å². The monoisotopic (exact) mass is 445 g/mol. The van der Waals surface area contributed by atoms with E-state index in [9.17, 15) is 9.59 Å². The molecule has 0 unspecified atom stereocenters. The molecule has 3 amide bonds. The van der Waals surface area contributed by atoms with Gasteiger partial charge in [0.1, 0.15) is 5.54 Å². The number of nitriles is 1. The maximum absolute atomic E-state index is 13.2. The predicted octanol–water partition coefficient (Wildman–Crippen LogP) is 3.82. The highest BCUT2D eigenvalue weighted by atomic mass is 32.1.